The van der Waals surface area contributed by atoms with Gasteiger partial charge in [0.05, 0.1) is 16.8 Å². The lowest BCUT2D eigenvalue weighted by molar-refractivity contribution is 0.00578. The summed E-state index contributed by atoms with van der Waals surface area (Å²) in [5.41, 5.74) is 1.95. The molecule has 3 aromatic rings. The molecule has 1 atom stereocenters. The van der Waals surface area contributed by atoms with Crippen LogP contribution in [0.5, 0.6) is 5.75 Å². The molecule has 0 bridgehead atoms. The Balaban J connectivity index is 1.39. The van der Waals surface area contributed by atoms with Crippen molar-refractivity contribution in [2.24, 2.45) is 0 Å². The predicted octanol–water partition coefficient (Wildman–Crippen LogP) is 3.94. The Kier molecular flexibility index (Phi) is 4.94. The van der Waals surface area contributed by atoms with Gasteiger partial charge in [-0.15, -0.1) is 0 Å². The monoisotopic (exact) mass is 452 g/mol. The van der Waals surface area contributed by atoms with Gasteiger partial charge in [-0.2, -0.15) is 4.98 Å². The Hall–Kier alpha value is -2.65. The highest BCUT2D eigenvalue weighted by molar-refractivity contribution is 6.62. The molecule has 5 rings (SSSR count). The minimum Gasteiger partial charge on any atom is -0.460 e. The molecular weight excluding hydrogens is 431 g/mol. The third-order valence-electron chi connectivity index (χ3n) is 6.15. The van der Waals surface area contributed by atoms with E-state index in [0.29, 0.717) is 22.2 Å². The predicted molar refractivity (Wildman–Crippen MR) is 121 cm³/mol. The number of ether oxygens (including phenoxy) is 1. The van der Waals surface area contributed by atoms with Crippen molar-refractivity contribution in [1.29, 1.82) is 0 Å². The van der Waals surface area contributed by atoms with Crippen LogP contribution in [0.25, 0.3) is 23.0 Å². The first-order valence-corrected chi connectivity index (χ1v) is 10.7. The SMILES string of the molecule is CC1(C)OB(c2ccc(-c3noc(C4=Cc5cc(Cl)ccc5OC4O)n3)cc2)OC1(C)C. The third kappa shape index (κ3) is 3.63. The van der Waals surface area contributed by atoms with Gasteiger partial charge < -0.3 is 23.7 Å². The van der Waals surface area contributed by atoms with Gasteiger partial charge in [0.25, 0.3) is 5.89 Å². The van der Waals surface area contributed by atoms with Crippen LogP contribution in [0.1, 0.15) is 39.1 Å². The summed E-state index contributed by atoms with van der Waals surface area (Å²) in [5, 5.41) is 15.0. The van der Waals surface area contributed by atoms with Crippen LogP contribution >= 0.6 is 11.6 Å². The lowest BCUT2D eigenvalue weighted by Gasteiger charge is -2.32. The second kappa shape index (κ2) is 7.45. The molecule has 2 aromatic carbocycles. The summed E-state index contributed by atoms with van der Waals surface area (Å²) < 4.78 is 23.2. The van der Waals surface area contributed by atoms with Crippen molar-refractivity contribution >= 4 is 35.8 Å². The molecule has 164 valence electrons. The van der Waals surface area contributed by atoms with Crippen molar-refractivity contribution in [3.63, 3.8) is 0 Å². The lowest BCUT2D eigenvalue weighted by atomic mass is 9.79. The van der Waals surface area contributed by atoms with E-state index in [-0.39, 0.29) is 5.89 Å². The molecule has 0 aliphatic carbocycles. The standard InChI is InChI=1S/C23H22BClN2O5/c1-22(2)23(3,4)32-24(31-22)15-7-5-13(6-8-15)19-26-20(30-27-19)17-12-14-11-16(25)9-10-18(14)29-21(17)28/h5-12,21,28H,1-4H3. The van der Waals surface area contributed by atoms with Gasteiger partial charge in [-0.1, -0.05) is 41.0 Å². The summed E-state index contributed by atoms with van der Waals surface area (Å²) in [6.45, 7) is 8.08. The van der Waals surface area contributed by atoms with Crippen LogP contribution in [0.4, 0.5) is 0 Å². The van der Waals surface area contributed by atoms with Crippen molar-refractivity contribution in [2.45, 2.75) is 45.2 Å². The highest BCUT2D eigenvalue weighted by Gasteiger charge is 2.51. The first-order valence-electron chi connectivity index (χ1n) is 10.3. The maximum Gasteiger partial charge on any atom is 0.494 e. The van der Waals surface area contributed by atoms with E-state index in [4.69, 9.17) is 30.2 Å². The molecule has 0 saturated carbocycles. The first-order chi connectivity index (χ1) is 15.1. The molecule has 0 radical (unpaired) electrons. The summed E-state index contributed by atoms with van der Waals surface area (Å²) in [4.78, 5) is 4.44. The second-order valence-corrected chi connectivity index (χ2v) is 9.32. The fraction of sp³-hybridized carbons (Fsp3) is 0.304. The Morgan fingerprint density at radius 3 is 2.38 bits per heavy atom. The van der Waals surface area contributed by atoms with Gasteiger partial charge in [0, 0.05) is 16.1 Å². The summed E-state index contributed by atoms with van der Waals surface area (Å²) in [6.07, 6.45) is 0.511. The average Bonchev–Trinajstić information content (AvgIpc) is 3.30. The van der Waals surface area contributed by atoms with E-state index in [1.54, 1.807) is 24.3 Å². The third-order valence-corrected chi connectivity index (χ3v) is 6.39. The first kappa shape index (κ1) is 21.2. The van der Waals surface area contributed by atoms with Crippen LogP contribution in [0.3, 0.4) is 0 Å². The van der Waals surface area contributed by atoms with Crippen LogP contribution in [0.15, 0.2) is 47.0 Å². The molecule has 1 unspecified atom stereocenters. The number of benzene rings is 2. The Morgan fingerprint density at radius 1 is 1.00 bits per heavy atom. The number of hydrogen-bond donors (Lipinski definition) is 1. The number of aliphatic hydroxyl groups is 1. The molecule has 1 saturated heterocycles. The maximum atomic E-state index is 10.4. The molecule has 7 nitrogen and oxygen atoms in total. The summed E-state index contributed by atoms with van der Waals surface area (Å²) in [5.74, 6) is 1.10. The molecule has 2 aliphatic rings. The van der Waals surface area contributed by atoms with Gasteiger partial charge in [-0.3, -0.25) is 0 Å². The summed E-state index contributed by atoms with van der Waals surface area (Å²) in [6, 6.07) is 12.7. The normalized spacial score (nSPS) is 21.1. The van der Waals surface area contributed by atoms with E-state index >= 15 is 0 Å². The van der Waals surface area contributed by atoms with Crippen molar-refractivity contribution in [3.05, 3.63) is 58.9 Å². The molecule has 0 spiro atoms. The van der Waals surface area contributed by atoms with Crippen LogP contribution in [0, 0.1) is 0 Å². The highest BCUT2D eigenvalue weighted by Crippen LogP contribution is 2.37. The van der Waals surface area contributed by atoms with E-state index in [1.165, 1.54) is 0 Å². The second-order valence-electron chi connectivity index (χ2n) is 8.89. The van der Waals surface area contributed by atoms with Crippen LogP contribution in [0.2, 0.25) is 5.02 Å². The quantitative estimate of drug-likeness (QED) is 0.602. The van der Waals surface area contributed by atoms with E-state index in [0.717, 1.165) is 16.6 Å². The van der Waals surface area contributed by atoms with E-state index in [2.05, 4.69) is 10.1 Å². The molecule has 1 fully saturated rings. The number of nitrogens with zero attached hydrogens (tertiary/aromatic N) is 2. The van der Waals surface area contributed by atoms with Crippen LogP contribution in [-0.4, -0.2) is 39.9 Å². The summed E-state index contributed by atoms with van der Waals surface area (Å²) >= 11 is 6.07. The van der Waals surface area contributed by atoms with Gasteiger partial charge in [0.2, 0.25) is 12.1 Å². The molecule has 32 heavy (non-hydrogen) atoms. The molecule has 1 N–H and O–H groups in total. The van der Waals surface area contributed by atoms with E-state index in [1.807, 2.05) is 52.0 Å². The Labute approximate surface area is 191 Å². The van der Waals surface area contributed by atoms with Crippen molar-refractivity contribution in [2.75, 3.05) is 0 Å². The molecule has 9 heteroatoms. The Morgan fingerprint density at radius 2 is 1.69 bits per heavy atom. The minimum absolute atomic E-state index is 0.174. The zero-order chi connectivity index (χ0) is 22.7. The molecular formula is C23H22BClN2O5. The number of aromatic nitrogens is 2. The van der Waals surface area contributed by atoms with Gasteiger partial charge in [0.1, 0.15) is 5.75 Å². The molecule has 0 amide bonds. The number of halogens is 1. The fourth-order valence-corrected chi connectivity index (χ4v) is 3.74. The lowest BCUT2D eigenvalue weighted by Crippen LogP contribution is -2.41. The number of aliphatic hydroxyl groups excluding tert-OH is 1. The van der Waals surface area contributed by atoms with Gasteiger partial charge in [-0.25, -0.2) is 0 Å². The number of hydrogen-bond acceptors (Lipinski definition) is 7. The fourth-order valence-electron chi connectivity index (χ4n) is 3.56. The van der Waals surface area contributed by atoms with Crippen molar-refractivity contribution < 1.29 is 23.7 Å². The van der Waals surface area contributed by atoms with E-state index < -0.39 is 24.6 Å². The van der Waals surface area contributed by atoms with E-state index in [9.17, 15) is 5.11 Å². The largest absolute Gasteiger partial charge is 0.494 e. The highest BCUT2D eigenvalue weighted by atomic mass is 35.5. The summed E-state index contributed by atoms with van der Waals surface area (Å²) in [7, 11) is -0.443. The van der Waals surface area contributed by atoms with Gasteiger partial charge in [-0.05, 0) is 57.4 Å². The molecule has 3 heterocycles. The molecule has 1 aromatic heterocycles. The van der Waals surface area contributed by atoms with Crippen molar-refractivity contribution in [1.82, 2.24) is 10.1 Å². The number of rotatable bonds is 3. The topological polar surface area (TPSA) is 86.8 Å². The maximum absolute atomic E-state index is 10.4. The Bertz CT molecular complexity index is 1190. The number of fused-ring (bicyclic) bond motifs is 1. The zero-order valence-electron chi connectivity index (χ0n) is 18.1. The average molecular weight is 453 g/mol. The van der Waals surface area contributed by atoms with Crippen molar-refractivity contribution in [3.8, 4) is 17.1 Å². The zero-order valence-corrected chi connectivity index (χ0v) is 18.9. The molecule has 2 aliphatic heterocycles. The van der Waals surface area contributed by atoms with Gasteiger partial charge >= 0.3 is 7.12 Å². The van der Waals surface area contributed by atoms with Crippen LogP contribution < -0.4 is 10.2 Å². The van der Waals surface area contributed by atoms with Crippen LogP contribution in [-0.2, 0) is 9.31 Å². The smallest absolute Gasteiger partial charge is 0.460 e. The van der Waals surface area contributed by atoms with Gasteiger partial charge in [0.15, 0.2) is 0 Å². The minimum atomic E-state index is -1.22.